The second kappa shape index (κ2) is 12.6. The first-order valence-electron chi connectivity index (χ1n) is 10.6. The van der Waals surface area contributed by atoms with Crippen molar-refractivity contribution in [1.29, 1.82) is 0 Å². The smallest absolute Gasteiger partial charge is 0.407 e. The van der Waals surface area contributed by atoms with Gasteiger partial charge in [-0.1, -0.05) is 50.9 Å². The lowest BCUT2D eigenvalue weighted by Gasteiger charge is -2.14. The van der Waals surface area contributed by atoms with Gasteiger partial charge in [-0.05, 0) is 32.4 Å². The van der Waals surface area contributed by atoms with E-state index in [1.54, 1.807) is 4.90 Å². The fraction of sp³-hybridized carbons (Fsp3) is 0.810. The molecule has 0 saturated carbocycles. The number of hydrogen-bond donors (Lipinski definition) is 1. The van der Waals surface area contributed by atoms with Gasteiger partial charge in [0.2, 0.25) is 0 Å². The van der Waals surface area contributed by atoms with Crippen molar-refractivity contribution < 1.29 is 14.3 Å². The SMILES string of the molecule is CCCCCCCCNC(=O)O[C@H]1CCN(CC#CCN2CCCC2)C1=O. The van der Waals surface area contributed by atoms with Gasteiger partial charge in [0, 0.05) is 19.5 Å². The van der Waals surface area contributed by atoms with Gasteiger partial charge in [-0.2, -0.15) is 0 Å². The minimum atomic E-state index is -0.657. The van der Waals surface area contributed by atoms with Gasteiger partial charge in [0.1, 0.15) is 0 Å². The number of nitrogens with one attached hydrogen (secondary N) is 1. The van der Waals surface area contributed by atoms with E-state index < -0.39 is 12.2 Å². The zero-order valence-corrected chi connectivity index (χ0v) is 16.8. The molecule has 0 spiro atoms. The average Bonchev–Trinajstić information content (AvgIpc) is 3.29. The molecule has 1 N–H and O–H groups in total. The van der Waals surface area contributed by atoms with Crippen LogP contribution in [0.4, 0.5) is 4.79 Å². The monoisotopic (exact) mass is 377 g/mol. The number of rotatable bonds is 10. The third kappa shape index (κ3) is 8.21. The summed E-state index contributed by atoms with van der Waals surface area (Å²) in [5, 5.41) is 2.75. The Bertz CT molecular complexity index is 521. The summed E-state index contributed by atoms with van der Waals surface area (Å²) in [7, 11) is 0. The first-order chi connectivity index (χ1) is 13.2. The number of alkyl carbamates (subject to hydrolysis) is 1. The van der Waals surface area contributed by atoms with Crippen LogP contribution in [0.3, 0.4) is 0 Å². The maximum absolute atomic E-state index is 12.3. The average molecular weight is 378 g/mol. The lowest BCUT2D eigenvalue weighted by atomic mass is 10.1. The van der Waals surface area contributed by atoms with Crippen LogP contribution in [0.25, 0.3) is 0 Å². The fourth-order valence-electron chi connectivity index (χ4n) is 3.50. The summed E-state index contributed by atoms with van der Waals surface area (Å²) in [4.78, 5) is 28.2. The summed E-state index contributed by atoms with van der Waals surface area (Å²) >= 11 is 0. The van der Waals surface area contributed by atoms with Crippen molar-refractivity contribution in [2.24, 2.45) is 0 Å². The Kier molecular flexibility index (Phi) is 10.1. The number of unbranched alkanes of at least 4 members (excludes halogenated alkanes) is 5. The molecule has 2 heterocycles. The molecule has 6 nitrogen and oxygen atoms in total. The molecule has 1 atom stereocenters. The van der Waals surface area contributed by atoms with Crippen molar-refractivity contribution in [1.82, 2.24) is 15.1 Å². The van der Waals surface area contributed by atoms with Gasteiger partial charge in [-0.25, -0.2) is 4.79 Å². The van der Waals surface area contributed by atoms with Crippen molar-refractivity contribution in [2.75, 3.05) is 39.3 Å². The Morgan fingerprint density at radius 1 is 1.07 bits per heavy atom. The number of amides is 2. The van der Waals surface area contributed by atoms with Gasteiger partial charge in [0.25, 0.3) is 5.91 Å². The molecule has 0 aromatic carbocycles. The van der Waals surface area contributed by atoms with E-state index in [2.05, 4.69) is 29.0 Å². The summed E-state index contributed by atoms with van der Waals surface area (Å²) < 4.78 is 5.29. The summed E-state index contributed by atoms with van der Waals surface area (Å²) in [5.41, 5.74) is 0. The minimum absolute atomic E-state index is 0.125. The van der Waals surface area contributed by atoms with Crippen LogP contribution in [0.5, 0.6) is 0 Å². The molecule has 0 bridgehead atoms. The van der Waals surface area contributed by atoms with E-state index >= 15 is 0 Å². The first-order valence-corrected chi connectivity index (χ1v) is 10.6. The molecule has 0 unspecified atom stereocenters. The lowest BCUT2D eigenvalue weighted by Crippen LogP contribution is -2.35. The predicted molar refractivity (Wildman–Crippen MR) is 106 cm³/mol. The summed E-state index contributed by atoms with van der Waals surface area (Å²) in [6, 6.07) is 0. The third-order valence-electron chi connectivity index (χ3n) is 5.19. The van der Waals surface area contributed by atoms with Crippen LogP contribution in [0.15, 0.2) is 0 Å². The highest BCUT2D eigenvalue weighted by molar-refractivity contribution is 5.85. The molecule has 2 saturated heterocycles. The first kappa shape index (κ1) is 21.6. The van der Waals surface area contributed by atoms with Crippen molar-refractivity contribution in [2.45, 2.75) is 70.8 Å². The Morgan fingerprint density at radius 3 is 2.56 bits per heavy atom. The van der Waals surface area contributed by atoms with Crippen LogP contribution in [0, 0.1) is 11.8 Å². The van der Waals surface area contributed by atoms with Gasteiger partial charge in [-0.15, -0.1) is 0 Å². The zero-order valence-electron chi connectivity index (χ0n) is 16.8. The molecule has 0 aliphatic carbocycles. The van der Waals surface area contributed by atoms with Gasteiger partial charge in [-0.3, -0.25) is 9.69 Å². The van der Waals surface area contributed by atoms with Gasteiger partial charge in [0.05, 0.1) is 13.1 Å². The summed E-state index contributed by atoms with van der Waals surface area (Å²) in [6.45, 7) is 6.87. The van der Waals surface area contributed by atoms with E-state index in [4.69, 9.17) is 4.74 Å². The molecule has 2 aliphatic heterocycles. The molecular formula is C21H35N3O3. The van der Waals surface area contributed by atoms with Crippen LogP contribution >= 0.6 is 0 Å². The number of carbonyl (C=O) groups excluding carboxylic acids is 2. The molecule has 0 aromatic rings. The van der Waals surface area contributed by atoms with Crippen LogP contribution in [0.1, 0.15) is 64.7 Å². The van der Waals surface area contributed by atoms with Crippen molar-refractivity contribution in [3.63, 3.8) is 0 Å². The normalized spacial score (nSPS) is 19.8. The molecule has 2 rings (SSSR count). The highest BCUT2D eigenvalue weighted by Gasteiger charge is 2.34. The predicted octanol–water partition coefficient (Wildman–Crippen LogP) is 2.77. The van der Waals surface area contributed by atoms with Gasteiger partial charge < -0.3 is 15.0 Å². The molecule has 27 heavy (non-hydrogen) atoms. The molecule has 2 aliphatic rings. The summed E-state index contributed by atoms with van der Waals surface area (Å²) in [6.07, 6.45) is 8.98. The van der Waals surface area contributed by atoms with Crippen molar-refractivity contribution in [3.05, 3.63) is 0 Å². The van der Waals surface area contributed by atoms with Gasteiger partial charge in [0.15, 0.2) is 6.10 Å². The number of carbonyl (C=O) groups is 2. The number of nitrogens with zero attached hydrogens (tertiary/aromatic N) is 2. The molecule has 2 amide bonds. The van der Waals surface area contributed by atoms with E-state index in [0.717, 1.165) is 32.5 Å². The molecular weight excluding hydrogens is 342 g/mol. The van der Waals surface area contributed by atoms with Gasteiger partial charge >= 0.3 is 6.09 Å². The van der Waals surface area contributed by atoms with Crippen molar-refractivity contribution >= 4 is 12.0 Å². The minimum Gasteiger partial charge on any atom is -0.436 e. The largest absolute Gasteiger partial charge is 0.436 e. The van der Waals surface area contributed by atoms with Crippen molar-refractivity contribution in [3.8, 4) is 11.8 Å². The van der Waals surface area contributed by atoms with Crippen LogP contribution in [-0.2, 0) is 9.53 Å². The van der Waals surface area contributed by atoms with Crippen LogP contribution in [-0.4, -0.2) is 67.2 Å². The lowest BCUT2D eigenvalue weighted by molar-refractivity contribution is -0.134. The fourth-order valence-corrected chi connectivity index (χ4v) is 3.50. The Morgan fingerprint density at radius 2 is 1.78 bits per heavy atom. The highest BCUT2D eigenvalue weighted by Crippen LogP contribution is 2.14. The van der Waals surface area contributed by atoms with E-state index in [1.165, 1.54) is 38.5 Å². The maximum Gasteiger partial charge on any atom is 0.407 e. The summed E-state index contributed by atoms with van der Waals surface area (Å²) in [5.74, 6) is 6.10. The van der Waals surface area contributed by atoms with E-state index in [-0.39, 0.29) is 5.91 Å². The number of ether oxygens (including phenoxy) is 1. The van der Waals surface area contributed by atoms with E-state index in [9.17, 15) is 9.59 Å². The van der Waals surface area contributed by atoms with Crippen LogP contribution in [0.2, 0.25) is 0 Å². The standard InChI is InChI=1S/C21H35N3O3/c1-2-3-4-5-6-7-13-22-21(26)27-19-12-18-24(20(19)25)17-11-10-16-23-14-8-9-15-23/h19H,2-9,12-18H2,1H3,(H,22,26)/t19-/m0/s1. The maximum atomic E-state index is 12.3. The highest BCUT2D eigenvalue weighted by atomic mass is 16.6. The van der Waals surface area contributed by atoms with E-state index in [0.29, 0.717) is 26.1 Å². The molecule has 0 radical (unpaired) electrons. The molecule has 0 aromatic heterocycles. The number of likely N-dealkylation sites (tertiary alicyclic amines) is 2. The Hall–Kier alpha value is -1.74. The molecule has 6 heteroatoms. The Balaban J connectivity index is 1.56. The second-order valence-electron chi connectivity index (χ2n) is 7.47. The third-order valence-corrected chi connectivity index (χ3v) is 5.19. The van der Waals surface area contributed by atoms with E-state index in [1.807, 2.05) is 0 Å². The molecule has 152 valence electrons. The van der Waals surface area contributed by atoms with Crippen LogP contribution < -0.4 is 5.32 Å². The Labute approximate surface area is 164 Å². The zero-order chi connectivity index (χ0) is 19.3. The second-order valence-corrected chi connectivity index (χ2v) is 7.47. The number of hydrogen-bond acceptors (Lipinski definition) is 4. The molecule has 2 fully saturated rings. The quantitative estimate of drug-likeness (QED) is 0.470. The topological polar surface area (TPSA) is 61.9 Å².